The van der Waals surface area contributed by atoms with Crippen LogP contribution in [0.2, 0.25) is 0 Å². The first-order chi connectivity index (χ1) is 8.77. The molecule has 2 aromatic carbocycles. The van der Waals surface area contributed by atoms with Gasteiger partial charge in [-0.05, 0) is 22.8 Å². The molecule has 3 heteroatoms. The Bertz CT molecular complexity index is 547. The highest BCUT2D eigenvalue weighted by Crippen LogP contribution is 2.35. The minimum Gasteiger partial charge on any atom is -0.388 e. The fourth-order valence-electron chi connectivity index (χ4n) is 2.64. The van der Waals surface area contributed by atoms with Crippen molar-refractivity contribution in [3.8, 4) is 0 Å². The van der Waals surface area contributed by atoms with Crippen molar-refractivity contribution in [1.29, 1.82) is 0 Å². The van der Waals surface area contributed by atoms with Crippen LogP contribution in [-0.4, -0.2) is 23.1 Å². The summed E-state index contributed by atoms with van der Waals surface area (Å²) in [4.78, 5) is 0. The number of hydrogen-bond donors (Lipinski definition) is 2. The zero-order valence-electron chi connectivity index (χ0n) is 9.99. The molecule has 3 unspecified atom stereocenters. The lowest BCUT2D eigenvalue weighted by molar-refractivity contribution is -0.106. The Kier molecular flexibility index (Phi) is 3.04. The lowest BCUT2D eigenvalue weighted by Gasteiger charge is -2.21. The summed E-state index contributed by atoms with van der Waals surface area (Å²) in [5.74, 6) is -0.240. The van der Waals surface area contributed by atoms with E-state index in [1.54, 1.807) is 0 Å². The zero-order valence-corrected chi connectivity index (χ0v) is 9.99. The Balaban J connectivity index is 2.03. The summed E-state index contributed by atoms with van der Waals surface area (Å²) in [6.07, 6.45) is -0.862. The number of fused-ring (bicyclic) bond motifs is 1. The molecule has 94 valence electrons. The van der Waals surface area contributed by atoms with Gasteiger partial charge in [0.25, 0.3) is 0 Å². The number of rotatable bonds is 2. The summed E-state index contributed by atoms with van der Waals surface area (Å²) in [5.41, 5.74) is 0.864. The van der Waals surface area contributed by atoms with Crippen LogP contribution >= 0.6 is 0 Å². The highest BCUT2D eigenvalue weighted by Gasteiger charge is 2.33. The van der Waals surface area contributed by atoms with Gasteiger partial charge >= 0.3 is 0 Å². The molecule has 3 rings (SSSR count). The van der Waals surface area contributed by atoms with Crippen molar-refractivity contribution in [2.45, 2.75) is 18.8 Å². The SMILES string of the molecule is OC1OCCC1C(O)c1cccc2ccccc12. The van der Waals surface area contributed by atoms with Crippen LogP contribution in [0.15, 0.2) is 42.5 Å². The average molecular weight is 244 g/mol. The van der Waals surface area contributed by atoms with Gasteiger partial charge in [0.15, 0.2) is 6.29 Å². The van der Waals surface area contributed by atoms with Crippen molar-refractivity contribution in [2.75, 3.05) is 6.61 Å². The first-order valence-corrected chi connectivity index (χ1v) is 6.23. The molecule has 0 aliphatic carbocycles. The smallest absolute Gasteiger partial charge is 0.160 e. The van der Waals surface area contributed by atoms with E-state index in [0.717, 1.165) is 16.3 Å². The van der Waals surface area contributed by atoms with Crippen LogP contribution in [0.3, 0.4) is 0 Å². The monoisotopic (exact) mass is 244 g/mol. The molecule has 1 aliphatic heterocycles. The molecule has 0 radical (unpaired) electrons. The third kappa shape index (κ3) is 1.90. The van der Waals surface area contributed by atoms with Gasteiger partial charge in [0, 0.05) is 5.92 Å². The molecule has 1 heterocycles. The fourth-order valence-corrected chi connectivity index (χ4v) is 2.64. The first-order valence-electron chi connectivity index (χ1n) is 6.23. The second-order valence-electron chi connectivity index (χ2n) is 4.73. The Morgan fingerprint density at radius 3 is 2.67 bits per heavy atom. The number of aliphatic hydroxyl groups is 2. The molecule has 1 fully saturated rings. The Labute approximate surface area is 106 Å². The van der Waals surface area contributed by atoms with Crippen LogP contribution in [0.1, 0.15) is 18.1 Å². The Hall–Kier alpha value is -1.42. The molecule has 3 nitrogen and oxygen atoms in total. The summed E-state index contributed by atoms with van der Waals surface area (Å²) in [6, 6.07) is 13.8. The summed E-state index contributed by atoms with van der Waals surface area (Å²) < 4.78 is 5.12. The van der Waals surface area contributed by atoms with Gasteiger partial charge in [0.2, 0.25) is 0 Å². The van der Waals surface area contributed by atoms with Crippen molar-refractivity contribution < 1.29 is 14.9 Å². The van der Waals surface area contributed by atoms with Crippen molar-refractivity contribution in [1.82, 2.24) is 0 Å². The molecule has 1 saturated heterocycles. The van der Waals surface area contributed by atoms with Gasteiger partial charge in [-0.1, -0.05) is 42.5 Å². The van der Waals surface area contributed by atoms with Crippen molar-refractivity contribution in [3.63, 3.8) is 0 Å². The Morgan fingerprint density at radius 2 is 1.89 bits per heavy atom. The Morgan fingerprint density at radius 1 is 1.11 bits per heavy atom. The molecule has 0 spiro atoms. The maximum Gasteiger partial charge on any atom is 0.160 e. The summed E-state index contributed by atoms with van der Waals surface area (Å²) in [7, 11) is 0. The molecular formula is C15H16O3. The fraction of sp³-hybridized carbons (Fsp3) is 0.333. The molecule has 18 heavy (non-hydrogen) atoms. The quantitative estimate of drug-likeness (QED) is 0.851. The van der Waals surface area contributed by atoms with Crippen LogP contribution in [0.4, 0.5) is 0 Å². The average Bonchev–Trinajstić information content (AvgIpc) is 2.83. The van der Waals surface area contributed by atoms with Gasteiger partial charge in [-0.3, -0.25) is 0 Å². The van der Waals surface area contributed by atoms with Gasteiger partial charge in [0.1, 0.15) is 0 Å². The molecule has 2 aromatic rings. The van der Waals surface area contributed by atoms with E-state index in [1.807, 2.05) is 42.5 Å². The molecule has 3 atom stereocenters. The third-order valence-corrected chi connectivity index (χ3v) is 3.65. The lowest BCUT2D eigenvalue weighted by atomic mass is 9.90. The normalized spacial score (nSPS) is 25.4. The van der Waals surface area contributed by atoms with E-state index in [-0.39, 0.29) is 5.92 Å². The van der Waals surface area contributed by atoms with Gasteiger partial charge < -0.3 is 14.9 Å². The highest BCUT2D eigenvalue weighted by molar-refractivity contribution is 5.86. The molecule has 0 amide bonds. The molecule has 0 bridgehead atoms. The van der Waals surface area contributed by atoms with Gasteiger partial charge in [0.05, 0.1) is 12.7 Å². The van der Waals surface area contributed by atoms with Crippen molar-refractivity contribution >= 4 is 10.8 Å². The lowest BCUT2D eigenvalue weighted by Crippen LogP contribution is -2.22. The second kappa shape index (κ2) is 4.69. The summed E-state index contributed by atoms with van der Waals surface area (Å²) >= 11 is 0. The van der Waals surface area contributed by atoms with Crippen LogP contribution < -0.4 is 0 Å². The minimum absolute atomic E-state index is 0.240. The maximum atomic E-state index is 10.4. The zero-order chi connectivity index (χ0) is 12.5. The predicted octanol–water partition coefficient (Wildman–Crippen LogP) is 2.23. The van der Waals surface area contributed by atoms with Crippen LogP contribution in [0.5, 0.6) is 0 Å². The van der Waals surface area contributed by atoms with E-state index in [9.17, 15) is 10.2 Å². The van der Waals surface area contributed by atoms with Crippen molar-refractivity contribution in [3.05, 3.63) is 48.0 Å². The molecule has 1 aliphatic rings. The molecular weight excluding hydrogens is 228 g/mol. The maximum absolute atomic E-state index is 10.4. The van der Waals surface area contributed by atoms with E-state index >= 15 is 0 Å². The first kappa shape index (κ1) is 11.7. The van der Waals surface area contributed by atoms with E-state index < -0.39 is 12.4 Å². The molecule has 0 saturated carbocycles. The number of benzene rings is 2. The van der Waals surface area contributed by atoms with Gasteiger partial charge in [-0.25, -0.2) is 0 Å². The van der Waals surface area contributed by atoms with Crippen LogP contribution in [0.25, 0.3) is 10.8 Å². The second-order valence-corrected chi connectivity index (χ2v) is 4.73. The highest BCUT2D eigenvalue weighted by atomic mass is 16.6. The standard InChI is InChI=1S/C15H16O3/c16-14(13-8-9-18-15(13)17)12-7-3-5-10-4-1-2-6-11(10)12/h1-7,13-17H,8-9H2. The van der Waals surface area contributed by atoms with Gasteiger partial charge in [-0.2, -0.15) is 0 Å². The van der Waals surface area contributed by atoms with Crippen molar-refractivity contribution in [2.24, 2.45) is 5.92 Å². The van der Waals surface area contributed by atoms with Crippen LogP contribution in [0, 0.1) is 5.92 Å². The minimum atomic E-state index is -0.862. The van der Waals surface area contributed by atoms with Crippen LogP contribution in [-0.2, 0) is 4.74 Å². The summed E-state index contributed by atoms with van der Waals surface area (Å²) in [6.45, 7) is 0.508. The molecule has 0 aromatic heterocycles. The van der Waals surface area contributed by atoms with E-state index in [4.69, 9.17) is 4.74 Å². The number of hydrogen-bond acceptors (Lipinski definition) is 3. The van der Waals surface area contributed by atoms with E-state index in [0.29, 0.717) is 13.0 Å². The summed E-state index contributed by atoms with van der Waals surface area (Å²) in [5, 5.41) is 22.3. The molecule has 2 N–H and O–H groups in total. The predicted molar refractivity (Wildman–Crippen MR) is 69.0 cm³/mol. The topological polar surface area (TPSA) is 49.7 Å². The van der Waals surface area contributed by atoms with Gasteiger partial charge in [-0.15, -0.1) is 0 Å². The number of aliphatic hydroxyl groups excluding tert-OH is 2. The number of ether oxygens (including phenoxy) is 1. The third-order valence-electron chi connectivity index (χ3n) is 3.65. The largest absolute Gasteiger partial charge is 0.388 e. The van der Waals surface area contributed by atoms with E-state index in [1.165, 1.54) is 0 Å². The van der Waals surface area contributed by atoms with E-state index in [2.05, 4.69) is 0 Å².